The third-order valence-electron chi connectivity index (χ3n) is 5.00. The first-order chi connectivity index (χ1) is 16.4. The average Bonchev–Trinajstić information content (AvgIpc) is 3.22. The van der Waals surface area contributed by atoms with Crippen LogP contribution in [0.1, 0.15) is 23.2 Å². The van der Waals surface area contributed by atoms with Crippen LogP contribution in [0.2, 0.25) is 5.02 Å². The molecule has 172 valence electrons. The Morgan fingerprint density at radius 2 is 1.79 bits per heavy atom. The van der Waals surface area contributed by atoms with Gasteiger partial charge < -0.3 is 14.4 Å². The monoisotopic (exact) mass is 477 g/mol. The highest BCUT2D eigenvalue weighted by atomic mass is 35.5. The van der Waals surface area contributed by atoms with Crippen molar-refractivity contribution in [2.45, 2.75) is 13.8 Å². The van der Waals surface area contributed by atoms with Gasteiger partial charge in [-0.2, -0.15) is 0 Å². The number of benzene rings is 2. The maximum Gasteiger partial charge on any atom is 0.419 e. The second kappa shape index (κ2) is 9.76. The van der Waals surface area contributed by atoms with Crippen LogP contribution in [-0.4, -0.2) is 33.9 Å². The minimum Gasteiger partial charge on any atom is -0.477 e. The van der Waals surface area contributed by atoms with E-state index < -0.39 is 12.1 Å². The molecule has 34 heavy (non-hydrogen) atoms. The molecule has 4 aromatic rings. The summed E-state index contributed by atoms with van der Waals surface area (Å²) in [6.07, 6.45) is -0.630. The number of pyridine rings is 1. The largest absolute Gasteiger partial charge is 0.477 e. The highest BCUT2D eigenvalue weighted by Gasteiger charge is 2.30. The summed E-state index contributed by atoms with van der Waals surface area (Å²) in [7, 11) is 0. The first-order valence-electron chi connectivity index (χ1n) is 10.4. The van der Waals surface area contributed by atoms with Gasteiger partial charge in [0.2, 0.25) is 0 Å². The summed E-state index contributed by atoms with van der Waals surface area (Å²) in [6.45, 7) is 3.57. The zero-order valence-electron chi connectivity index (χ0n) is 18.4. The van der Waals surface area contributed by atoms with E-state index in [0.29, 0.717) is 44.7 Å². The van der Waals surface area contributed by atoms with E-state index in [4.69, 9.17) is 20.9 Å². The molecule has 1 N–H and O–H groups in total. The van der Waals surface area contributed by atoms with Crippen molar-refractivity contribution >= 4 is 35.0 Å². The number of halogens is 1. The molecule has 1 amide bonds. The quantitative estimate of drug-likeness (QED) is 0.344. The van der Waals surface area contributed by atoms with Gasteiger partial charge in [-0.15, -0.1) is 0 Å². The smallest absolute Gasteiger partial charge is 0.419 e. The van der Waals surface area contributed by atoms with Crippen molar-refractivity contribution in [3.8, 4) is 22.5 Å². The lowest BCUT2D eigenvalue weighted by atomic mass is 10.0. The number of carboxylic acids is 1. The maximum absolute atomic E-state index is 13.0. The number of ether oxygens (including phenoxy) is 1. The van der Waals surface area contributed by atoms with Crippen LogP contribution in [0.5, 0.6) is 0 Å². The van der Waals surface area contributed by atoms with Crippen molar-refractivity contribution in [1.29, 1.82) is 0 Å². The molecule has 0 bridgehead atoms. The standard InChI is InChI=1S/C25H20ClN3O5/c1-3-33-25(32)29(21-13-5-4-10-18(21)26)23-15(2)34-28-22(23)17-9-6-8-16(14-17)19-11-7-12-20(27-19)24(30)31/h4-14H,3H2,1-2H3,(H,30,31). The van der Waals surface area contributed by atoms with Crippen LogP contribution in [0.25, 0.3) is 22.5 Å². The topological polar surface area (TPSA) is 106 Å². The van der Waals surface area contributed by atoms with E-state index in [-0.39, 0.29) is 12.3 Å². The maximum atomic E-state index is 13.0. The summed E-state index contributed by atoms with van der Waals surface area (Å²) in [5.41, 5.74) is 2.92. The minimum atomic E-state index is -1.11. The van der Waals surface area contributed by atoms with Crippen LogP contribution < -0.4 is 4.90 Å². The molecule has 2 aromatic heterocycles. The molecule has 0 aliphatic carbocycles. The molecule has 0 fully saturated rings. The first-order valence-corrected chi connectivity index (χ1v) is 10.8. The van der Waals surface area contributed by atoms with Crippen molar-refractivity contribution in [3.05, 3.63) is 83.2 Å². The Morgan fingerprint density at radius 3 is 2.53 bits per heavy atom. The third-order valence-corrected chi connectivity index (χ3v) is 5.32. The number of anilines is 2. The van der Waals surface area contributed by atoms with Gasteiger partial charge in [-0.25, -0.2) is 19.5 Å². The summed E-state index contributed by atoms with van der Waals surface area (Å²) < 4.78 is 10.8. The number of carboxylic acid groups (broad SMARTS) is 1. The summed E-state index contributed by atoms with van der Waals surface area (Å²) >= 11 is 6.42. The molecule has 4 rings (SSSR count). The van der Waals surface area contributed by atoms with E-state index in [1.54, 1.807) is 74.5 Å². The number of nitrogens with zero attached hydrogens (tertiary/aromatic N) is 3. The number of carbonyl (C=O) groups is 2. The van der Waals surface area contributed by atoms with Gasteiger partial charge in [0.05, 0.1) is 23.0 Å². The number of hydrogen-bond donors (Lipinski definition) is 1. The Hall–Kier alpha value is -4.17. The number of aromatic nitrogens is 2. The minimum absolute atomic E-state index is 0.0620. The van der Waals surface area contributed by atoms with Crippen molar-refractivity contribution < 1.29 is 24.0 Å². The van der Waals surface area contributed by atoms with E-state index in [0.717, 1.165) is 0 Å². The molecule has 0 radical (unpaired) electrons. The molecule has 0 saturated carbocycles. The number of para-hydroxylation sites is 1. The molecule has 0 aliphatic rings. The lowest BCUT2D eigenvalue weighted by Gasteiger charge is -2.23. The first kappa shape index (κ1) is 23.0. The van der Waals surface area contributed by atoms with Gasteiger partial charge >= 0.3 is 12.1 Å². The third kappa shape index (κ3) is 4.49. The second-order valence-corrected chi connectivity index (χ2v) is 7.62. The van der Waals surface area contributed by atoms with E-state index in [1.807, 2.05) is 0 Å². The van der Waals surface area contributed by atoms with Crippen LogP contribution >= 0.6 is 11.6 Å². The summed E-state index contributed by atoms with van der Waals surface area (Å²) in [5.74, 6) is -0.725. The predicted molar refractivity (Wildman–Crippen MR) is 127 cm³/mol. The number of aryl methyl sites for hydroxylation is 1. The Labute approximate surface area is 200 Å². The molecule has 0 spiro atoms. The van der Waals surface area contributed by atoms with Crippen LogP contribution in [0, 0.1) is 6.92 Å². The van der Waals surface area contributed by atoms with Gasteiger partial charge in [-0.1, -0.05) is 53.2 Å². The van der Waals surface area contributed by atoms with Crippen LogP contribution in [0.15, 0.2) is 71.3 Å². The Balaban J connectivity index is 1.85. The number of carbonyl (C=O) groups excluding carboxylic acids is 1. The van der Waals surface area contributed by atoms with E-state index in [2.05, 4.69) is 10.1 Å². The fraction of sp³-hybridized carbons (Fsp3) is 0.120. The highest BCUT2D eigenvalue weighted by molar-refractivity contribution is 6.34. The van der Waals surface area contributed by atoms with Crippen LogP contribution in [0.3, 0.4) is 0 Å². The van der Waals surface area contributed by atoms with Gasteiger partial charge in [0.25, 0.3) is 0 Å². The fourth-order valence-electron chi connectivity index (χ4n) is 3.49. The molecule has 8 nitrogen and oxygen atoms in total. The Kier molecular flexibility index (Phi) is 6.60. The van der Waals surface area contributed by atoms with Gasteiger partial charge in [0.15, 0.2) is 5.76 Å². The van der Waals surface area contributed by atoms with Gasteiger partial charge in [-0.05, 0) is 44.2 Å². The molecular formula is C25H20ClN3O5. The van der Waals surface area contributed by atoms with Crippen molar-refractivity contribution in [3.63, 3.8) is 0 Å². The van der Waals surface area contributed by atoms with Gasteiger partial charge in [0, 0.05) is 11.1 Å². The zero-order chi connectivity index (χ0) is 24.2. The summed E-state index contributed by atoms with van der Waals surface area (Å²) in [5, 5.41) is 13.8. The predicted octanol–water partition coefficient (Wildman–Crippen LogP) is 6.36. The van der Waals surface area contributed by atoms with Gasteiger partial charge in [-0.3, -0.25) is 0 Å². The Morgan fingerprint density at radius 1 is 1.06 bits per heavy atom. The molecule has 9 heteroatoms. The zero-order valence-corrected chi connectivity index (χ0v) is 19.1. The van der Waals surface area contributed by atoms with Crippen molar-refractivity contribution in [2.75, 3.05) is 11.5 Å². The number of amides is 1. The molecule has 2 heterocycles. The second-order valence-electron chi connectivity index (χ2n) is 7.22. The fourth-order valence-corrected chi connectivity index (χ4v) is 3.71. The lowest BCUT2D eigenvalue weighted by Crippen LogP contribution is -2.27. The van der Waals surface area contributed by atoms with Gasteiger partial charge in [0.1, 0.15) is 17.1 Å². The molecule has 0 unspecified atom stereocenters. The molecule has 0 atom stereocenters. The average molecular weight is 478 g/mol. The number of rotatable bonds is 6. The van der Waals surface area contributed by atoms with Crippen LogP contribution in [-0.2, 0) is 4.74 Å². The van der Waals surface area contributed by atoms with Crippen molar-refractivity contribution in [1.82, 2.24) is 10.1 Å². The highest BCUT2D eigenvalue weighted by Crippen LogP contribution is 2.41. The van der Waals surface area contributed by atoms with Crippen LogP contribution in [0.4, 0.5) is 16.2 Å². The summed E-state index contributed by atoms with van der Waals surface area (Å²) in [6, 6.07) is 18.9. The molecule has 0 saturated heterocycles. The van der Waals surface area contributed by atoms with E-state index in [9.17, 15) is 14.7 Å². The molecule has 2 aromatic carbocycles. The van der Waals surface area contributed by atoms with E-state index >= 15 is 0 Å². The summed E-state index contributed by atoms with van der Waals surface area (Å²) in [4.78, 5) is 29.9. The lowest BCUT2D eigenvalue weighted by molar-refractivity contribution is 0.0690. The SMILES string of the molecule is CCOC(=O)N(c1ccccc1Cl)c1c(-c2cccc(-c3cccc(C(=O)O)n3)c2)noc1C. The molecular weight excluding hydrogens is 458 g/mol. The Bertz CT molecular complexity index is 1370. The number of hydrogen-bond acceptors (Lipinski definition) is 6. The van der Waals surface area contributed by atoms with Crippen molar-refractivity contribution in [2.24, 2.45) is 0 Å². The molecule has 0 aliphatic heterocycles. The normalized spacial score (nSPS) is 10.7. The van der Waals surface area contributed by atoms with E-state index in [1.165, 1.54) is 11.0 Å². The number of aromatic carboxylic acids is 1.